The fraction of sp³-hybridized carbons (Fsp3) is 0.500. The summed E-state index contributed by atoms with van der Waals surface area (Å²) in [6.07, 6.45) is 0.684. The van der Waals surface area contributed by atoms with Gasteiger partial charge >= 0.3 is 0 Å². The van der Waals surface area contributed by atoms with Crippen molar-refractivity contribution in [3.8, 4) is 0 Å². The SMILES string of the molecule is CC(=O)N[C@H](C(=O)N[C@@H](Cc1ccccc1)[C@H]1O[C@H]1CC(=O)N[C@@H](c1ccccc1)C(C)C)C(C)(C)S(C)(=O)=O. The molecule has 10 heteroatoms. The minimum Gasteiger partial charge on any atom is -0.367 e. The Morgan fingerprint density at radius 3 is 2.02 bits per heavy atom. The lowest BCUT2D eigenvalue weighted by Gasteiger charge is -2.33. The summed E-state index contributed by atoms with van der Waals surface area (Å²) in [7, 11) is -3.72. The van der Waals surface area contributed by atoms with E-state index in [4.69, 9.17) is 4.74 Å². The third-order valence-electron chi connectivity index (χ3n) is 7.43. The lowest BCUT2D eigenvalue weighted by molar-refractivity contribution is -0.129. The molecule has 218 valence electrons. The van der Waals surface area contributed by atoms with Crippen LogP contribution in [0.25, 0.3) is 0 Å². The highest BCUT2D eigenvalue weighted by molar-refractivity contribution is 7.92. The van der Waals surface area contributed by atoms with Crippen LogP contribution in [-0.4, -0.2) is 61.4 Å². The molecule has 3 amide bonds. The number of epoxide rings is 1. The summed E-state index contributed by atoms with van der Waals surface area (Å²) in [6.45, 7) is 8.14. The first kappa shape index (κ1) is 31.3. The number of nitrogens with one attached hydrogen (secondary N) is 3. The molecule has 40 heavy (non-hydrogen) atoms. The molecule has 1 aliphatic rings. The third kappa shape index (κ3) is 8.14. The van der Waals surface area contributed by atoms with E-state index in [2.05, 4.69) is 16.0 Å². The molecular weight excluding hydrogens is 530 g/mol. The average molecular weight is 572 g/mol. The molecule has 1 heterocycles. The molecular formula is C30H41N3O6S. The molecule has 1 saturated heterocycles. The van der Waals surface area contributed by atoms with E-state index in [1.165, 1.54) is 20.8 Å². The van der Waals surface area contributed by atoms with E-state index in [-0.39, 0.29) is 24.3 Å². The number of ether oxygens (including phenoxy) is 1. The van der Waals surface area contributed by atoms with Crippen molar-refractivity contribution in [1.29, 1.82) is 0 Å². The second kappa shape index (κ2) is 13.0. The monoisotopic (exact) mass is 571 g/mol. The van der Waals surface area contributed by atoms with Gasteiger partial charge in [0.1, 0.15) is 12.1 Å². The second-order valence-corrected chi connectivity index (χ2v) is 14.0. The Labute approximate surface area is 237 Å². The van der Waals surface area contributed by atoms with Gasteiger partial charge in [-0.2, -0.15) is 0 Å². The minimum atomic E-state index is -3.72. The van der Waals surface area contributed by atoms with Crippen molar-refractivity contribution in [3.63, 3.8) is 0 Å². The molecule has 1 aliphatic heterocycles. The van der Waals surface area contributed by atoms with E-state index in [1.54, 1.807) is 0 Å². The summed E-state index contributed by atoms with van der Waals surface area (Å²) in [5.41, 5.74) is 1.96. The zero-order valence-electron chi connectivity index (χ0n) is 24.0. The van der Waals surface area contributed by atoms with Crippen LogP contribution >= 0.6 is 0 Å². The first-order chi connectivity index (χ1) is 18.7. The molecule has 5 atom stereocenters. The van der Waals surface area contributed by atoms with Gasteiger partial charge in [0.2, 0.25) is 17.7 Å². The smallest absolute Gasteiger partial charge is 0.244 e. The van der Waals surface area contributed by atoms with E-state index in [0.717, 1.165) is 17.4 Å². The molecule has 0 unspecified atom stereocenters. The maximum atomic E-state index is 13.5. The van der Waals surface area contributed by atoms with Crippen LogP contribution in [0.5, 0.6) is 0 Å². The quantitative estimate of drug-likeness (QED) is 0.317. The van der Waals surface area contributed by atoms with Crippen LogP contribution in [0.2, 0.25) is 0 Å². The highest BCUT2D eigenvalue weighted by atomic mass is 32.2. The van der Waals surface area contributed by atoms with Gasteiger partial charge in [0.25, 0.3) is 0 Å². The van der Waals surface area contributed by atoms with Gasteiger partial charge in [0, 0.05) is 13.2 Å². The molecule has 3 N–H and O–H groups in total. The highest BCUT2D eigenvalue weighted by Crippen LogP contribution is 2.32. The summed E-state index contributed by atoms with van der Waals surface area (Å²) in [5.74, 6) is -1.13. The first-order valence-corrected chi connectivity index (χ1v) is 15.4. The Kier molecular flexibility index (Phi) is 10.1. The van der Waals surface area contributed by atoms with E-state index < -0.39 is 50.7 Å². The fourth-order valence-electron chi connectivity index (χ4n) is 4.74. The summed E-state index contributed by atoms with van der Waals surface area (Å²) in [5, 5.41) is 8.55. The summed E-state index contributed by atoms with van der Waals surface area (Å²) < 4.78 is 29.4. The molecule has 0 saturated carbocycles. The van der Waals surface area contributed by atoms with Gasteiger partial charge in [0.05, 0.1) is 29.4 Å². The fourth-order valence-corrected chi connectivity index (χ4v) is 5.33. The molecule has 3 rings (SSSR count). The van der Waals surface area contributed by atoms with E-state index in [1.807, 2.05) is 74.5 Å². The van der Waals surface area contributed by atoms with Crippen molar-refractivity contribution in [1.82, 2.24) is 16.0 Å². The van der Waals surface area contributed by atoms with Crippen LogP contribution < -0.4 is 16.0 Å². The Hall–Kier alpha value is -3.24. The maximum absolute atomic E-state index is 13.5. The number of hydrogen-bond acceptors (Lipinski definition) is 6. The molecule has 2 aromatic carbocycles. The Balaban J connectivity index is 1.75. The van der Waals surface area contributed by atoms with Crippen LogP contribution in [0.15, 0.2) is 60.7 Å². The number of carbonyl (C=O) groups excluding carboxylic acids is 3. The topological polar surface area (TPSA) is 134 Å². The first-order valence-electron chi connectivity index (χ1n) is 13.5. The van der Waals surface area contributed by atoms with Crippen LogP contribution in [0.4, 0.5) is 0 Å². The Bertz CT molecular complexity index is 1280. The summed E-state index contributed by atoms with van der Waals surface area (Å²) in [4.78, 5) is 38.4. The average Bonchev–Trinajstić information content (AvgIpc) is 3.64. The van der Waals surface area contributed by atoms with Crippen molar-refractivity contribution >= 4 is 27.6 Å². The van der Waals surface area contributed by atoms with Crippen LogP contribution in [0.3, 0.4) is 0 Å². The number of hydrogen-bond donors (Lipinski definition) is 3. The molecule has 0 aliphatic carbocycles. The maximum Gasteiger partial charge on any atom is 0.244 e. The molecule has 0 aromatic heterocycles. The van der Waals surface area contributed by atoms with Gasteiger partial charge in [-0.1, -0.05) is 74.5 Å². The molecule has 1 fully saturated rings. The normalized spacial score (nSPS) is 19.3. The van der Waals surface area contributed by atoms with Gasteiger partial charge in [-0.05, 0) is 37.3 Å². The minimum absolute atomic E-state index is 0.117. The standard InChI is InChI=1S/C30H41N3O6S/c1-19(2)26(22-15-11-8-12-16-22)33-25(35)18-24-27(39-24)23(17-21-13-9-7-10-14-21)32-29(36)28(31-20(3)34)30(4,5)40(6,37)38/h7-16,19,23-24,26-28H,17-18H2,1-6H3,(H,31,34)(H,32,36)(H,33,35)/t23-,24-,26+,27+,28+/m0/s1. The summed E-state index contributed by atoms with van der Waals surface area (Å²) in [6, 6.07) is 17.2. The molecule has 0 bridgehead atoms. The van der Waals surface area contributed by atoms with Gasteiger partial charge in [-0.25, -0.2) is 8.42 Å². The Morgan fingerprint density at radius 1 is 0.925 bits per heavy atom. The van der Waals surface area contributed by atoms with Gasteiger partial charge < -0.3 is 20.7 Å². The van der Waals surface area contributed by atoms with Crippen molar-refractivity contribution in [2.75, 3.05) is 6.26 Å². The van der Waals surface area contributed by atoms with Crippen LogP contribution in [-0.2, 0) is 35.4 Å². The lowest BCUT2D eigenvalue weighted by atomic mass is 9.95. The number of rotatable bonds is 13. The van der Waals surface area contributed by atoms with E-state index >= 15 is 0 Å². The highest BCUT2D eigenvalue weighted by Gasteiger charge is 2.49. The zero-order chi connectivity index (χ0) is 29.7. The van der Waals surface area contributed by atoms with Crippen molar-refractivity contribution in [2.45, 2.75) is 82.5 Å². The second-order valence-electron chi connectivity index (χ2n) is 11.4. The number of amides is 3. The van der Waals surface area contributed by atoms with Gasteiger partial charge in [0.15, 0.2) is 9.84 Å². The molecule has 9 nitrogen and oxygen atoms in total. The van der Waals surface area contributed by atoms with Crippen molar-refractivity contribution in [2.24, 2.45) is 5.92 Å². The van der Waals surface area contributed by atoms with Gasteiger partial charge in [-0.3, -0.25) is 14.4 Å². The zero-order valence-corrected chi connectivity index (χ0v) is 24.8. The molecule has 0 spiro atoms. The van der Waals surface area contributed by atoms with E-state index in [9.17, 15) is 22.8 Å². The van der Waals surface area contributed by atoms with Gasteiger partial charge in [-0.15, -0.1) is 0 Å². The predicted molar refractivity (Wildman–Crippen MR) is 154 cm³/mol. The third-order valence-corrected chi connectivity index (χ3v) is 9.58. The molecule has 0 radical (unpaired) electrons. The van der Waals surface area contributed by atoms with Crippen molar-refractivity contribution in [3.05, 3.63) is 71.8 Å². The number of sulfone groups is 1. The van der Waals surface area contributed by atoms with Crippen LogP contribution in [0.1, 0.15) is 58.2 Å². The molecule has 2 aromatic rings. The lowest BCUT2D eigenvalue weighted by Crippen LogP contribution is -2.62. The predicted octanol–water partition coefficient (Wildman–Crippen LogP) is 2.71. The van der Waals surface area contributed by atoms with Crippen LogP contribution in [0, 0.1) is 5.92 Å². The largest absolute Gasteiger partial charge is 0.367 e. The number of carbonyl (C=O) groups is 3. The Morgan fingerprint density at radius 2 is 1.50 bits per heavy atom. The van der Waals surface area contributed by atoms with Crippen molar-refractivity contribution < 1.29 is 27.5 Å². The van der Waals surface area contributed by atoms with E-state index in [0.29, 0.717) is 6.42 Å². The summed E-state index contributed by atoms with van der Waals surface area (Å²) >= 11 is 0. The number of benzene rings is 2.